The van der Waals surface area contributed by atoms with Crippen LogP contribution in [0.25, 0.3) is 10.8 Å². The van der Waals surface area contributed by atoms with Gasteiger partial charge < -0.3 is 0 Å². The molecule has 0 aliphatic heterocycles. The summed E-state index contributed by atoms with van der Waals surface area (Å²) in [6, 6.07) is 10.1. The van der Waals surface area contributed by atoms with Crippen molar-refractivity contribution in [2.24, 2.45) is 0 Å². The van der Waals surface area contributed by atoms with E-state index >= 15 is 0 Å². The topological polar surface area (TPSA) is 60.2 Å². The summed E-state index contributed by atoms with van der Waals surface area (Å²) < 4.78 is 0. The van der Waals surface area contributed by atoms with Crippen molar-refractivity contribution < 1.29 is 9.72 Å². The standard InChI is InChI=1S/C11H7NO3/c13-7-10-9-4-2-1-3-8(9)5-6-11(10)12(14)15/h1-7H. The third-order valence-electron chi connectivity index (χ3n) is 2.26. The number of rotatable bonds is 2. The summed E-state index contributed by atoms with van der Waals surface area (Å²) in [4.78, 5) is 21.0. The molecule has 0 unspecified atom stereocenters. The van der Waals surface area contributed by atoms with Crippen molar-refractivity contribution >= 4 is 22.7 Å². The molecule has 0 N–H and O–H groups in total. The molecule has 0 bridgehead atoms. The van der Waals surface area contributed by atoms with Gasteiger partial charge in [0.2, 0.25) is 0 Å². The second-order valence-electron chi connectivity index (χ2n) is 3.09. The maximum Gasteiger partial charge on any atom is 0.280 e. The summed E-state index contributed by atoms with van der Waals surface area (Å²) in [6.07, 6.45) is 0.528. The average molecular weight is 201 g/mol. The first-order valence-electron chi connectivity index (χ1n) is 4.35. The molecule has 15 heavy (non-hydrogen) atoms. The van der Waals surface area contributed by atoms with Crippen LogP contribution < -0.4 is 0 Å². The zero-order chi connectivity index (χ0) is 10.8. The van der Waals surface area contributed by atoms with E-state index in [4.69, 9.17) is 0 Å². The van der Waals surface area contributed by atoms with Crippen LogP contribution in [0.3, 0.4) is 0 Å². The largest absolute Gasteiger partial charge is 0.298 e. The quantitative estimate of drug-likeness (QED) is 0.426. The van der Waals surface area contributed by atoms with Crippen molar-refractivity contribution in [3.05, 3.63) is 52.1 Å². The van der Waals surface area contributed by atoms with E-state index in [-0.39, 0.29) is 11.3 Å². The van der Waals surface area contributed by atoms with Crippen molar-refractivity contribution in [3.63, 3.8) is 0 Å². The van der Waals surface area contributed by atoms with Gasteiger partial charge in [-0.15, -0.1) is 0 Å². The third kappa shape index (κ3) is 1.46. The molecule has 0 aliphatic carbocycles. The van der Waals surface area contributed by atoms with Crippen molar-refractivity contribution in [2.45, 2.75) is 0 Å². The van der Waals surface area contributed by atoms with E-state index in [1.165, 1.54) is 6.07 Å². The molecule has 0 saturated carbocycles. The Kier molecular flexibility index (Phi) is 2.17. The lowest BCUT2D eigenvalue weighted by Crippen LogP contribution is -1.95. The number of nitro benzene ring substituents is 1. The summed E-state index contributed by atoms with van der Waals surface area (Å²) in [5, 5.41) is 12.1. The van der Waals surface area contributed by atoms with Crippen LogP contribution in [-0.4, -0.2) is 11.2 Å². The second-order valence-corrected chi connectivity index (χ2v) is 3.09. The Balaban J connectivity index is 2.87. The molecule has 0 saturated heterocycles. The Hall–Kier alpha value is -2.23. The highest BCUT2D eigenvalue weighted by molar-refractivity contribution is 6.01. The minimum atomic E-state index is -0.545. The number of carbonyl (C=O) groups is 1. The van der Waals surface area contributed by atoms with Crippen molar-refractivity contribution in [3.8, 4) is 0 Å². The van der Waals surface area contributed by atoms with Gasteiger partial charge >= 0.3 is 0 Å². The average Bonchev–Trinajstić information content (AvgIpc) is 2.27. The van der Waals surface area contributed by atoms with Crippen LogP contribution >= 0.6 is 0 Å². The smallest absolute Gasteiger partial charge is 0.280 e. The molecule has 0 aliphatic rings. The molecule has 0 radical (unpaired) electrons. The van der Waals surface area contributed by atoms with E-state index in [1.54, 1.807) is 18.2 Å². The number of hydrogen-bond acceptors (Lipinski definition) is 3. The van der Waals surface area contributed by atoms with Crippen LogP contribution in [0.15, 0.2) is 36.4 Å². The summed E-state index contributed by atoms with van der Waals surface area (Å²) in [6.45, 7) is 0. The fourth-order valence-electron chi connectivity index (χ4n) is 1.57. The van der Waals surface area contributed by atoms with E-state index in [0.29, 0.717) is 11.7 Å². The maximum absolute atomic E-state index is 10.8. The molecule has 2 aromatic rings. The molecule has 2 aromatic carbocycles. The van der Waals surface area contributed by atoms with E-state index in [2.05, 4.69) is 0 Å². The fraction of sp³-hybridized carbons (Fsp3) is 0. The monoisotopic (exact) mass is 201 g/mol. The van der Waals surface area contributed by atoms with Gasteiger partial charge in [0.25, 0.3) is 5.69 Å². The normalized spacial score (nSPS) is 10.1. The molecule has 2 rings (SSSR count). The number of aldehydes is 1. The van der Waals surface area contributed by atoms with Crippen molar-refractivity contribution in [2.75, 3.05) is 0 Å². The molecule has 0 atom stereocenters. The van der Waals surface area contributed by atoms with Gasteiger partial charge in [-0.05, 0) is 16.8 Å². The van der Waals surface area contributed by atoms with Gasteiger partial charge in [-0.1, -0.05) is 24.3 Å². The van der Waals surface area contributed by atoms with Crippen molar-refractivity contribution in [1.82, 2.24) is 0 Å². The van der Waals surface area contributed by atoms with Crippen LogP contribution in [0, 0.1) is 10.1 Å². The van der Waals surface area contributed by atoms with Gasteiger partial charge in [0.15, 0.2) is 6.29 Å². The minimum absolute atomic E-state index is 0.137. The molecule has 4 heteroatoms. The first-order chi connectivity index (χ1) is 7.24. The van der Waals surface area contributed by atoms with Gasteiger partial charge in [0.05, 0.1) is 10.5 Å². The lowest BCUT2D eigenvalue weighted by Gasteiger charge is -2.01. The number of hydrogen-bond donors (Lipinski definition) is 0. The van der Waals surface area contributed by atoms with Crippen LogP contribution in [0.5, 0.6) is 0 Å². The first-order valence-corrected chi connectivity index (χ1v) is 4.35. The van der Waals surface area contributed by atoms with Crippen LogP contribution in [0.4, 0.5) is 5.69 Å². The molecule has 74 valence electrons. The molecular weight excluding hydrogens is 194 g/mol. The summed E-state index contributed by atoms with van der Waals surface area (Å²) in [7, 11) is 0. The van der Waals surface area contributed by atoms with E-state index in [1.807, 2.05) is 12.1 Å². The fourth-order valence-corrected chi connectivity index (χ4v) is 1.57. The molecule has 0 heterocycles. The zero-order valence-corrected chi connectivity index (χ0v) is 7.71. The molecule has 0 spiro atoms. The molecular formula is C11H7NO3. The first kappa shape index (κ1) is 9.33. The van der Waals surface area contributed by atoms with Gasteiger partial charge in [0, 0.05) is 6.07 Å². The molecule has 0 amide bonds. The van der Waals surface area contributed by atoms with Gasteiger partial charge in [-0.25, -0.2) is 0 Å². The van der Waals surface area contributed by atoms with E-state index in [0.717, 1.165) is 5.39 Å². The Morgan fingerprint density at radius 3 is 2.53 bits per heavy atom. The summed E-state index contributed by atoms with van der Waals surface area (Å²) in [5.74, 6) is 0. The number of benzene rings is 2. The third-order valence-corrected chi connectivity index (χ3v) is 2.26. The van der Waals surface area contributed by atoms with Crippen molar-refractivity contribution in [1.29, 1.82) is 0 Å². The molecule has 4 nitrogen and oxygen atoms in total. The number of nitro groups is 1. The highest BCUT2D eigenvalue weighted by Gasteiger charge is 2.15. The van der Waals surface area contributed by atoms with Gasteiger partial charge in [-0.2, -0.15) is 0 Å². The van der Waals surface area contributed by atoms with Gasteiger partial charge in [-0.3, -0.25) is 14.9 Å². The summed E-state index contributed by atoms with van der Waals surface area (Å²) >= 11 is 0. The maximum atomic E-state index is 10.8. The predicted molar refractivity (Wildman–Crippen MR) is 56.0 cm³/mol. The molecule has 0 aromatic heterocycles. The van der Waals surface area contributed by atoms with E-state index < -0.39 is 4.92 Å². The Labute approximate surface area is 85.3 Å². The van der Waals surface area contributed by atoms with Crippen LogP contribution in [-0.2, 0) is 0 Å². The highest BCUT2D eigenvalue weighted by Crippen LogP contribution is 2.25. The van der Waals surface area contributed by atoms with Crippen LogP contribution in [0.2, 0.25) is 0 Å². The minimum Gasteiger partial charge on any atom is -0.298 e. The summed E-state index contributed by atoms with van der Waals surface area (Å²) in [5.41, 5.74) is -0.0122. The highest BCUT2D eigenvalue weighted by atomic mass is 16.6. The van der Waals surface area contributed by atoms with Gasteiger partial charge in [0.1, 0.15) is 0 Å². The Morgan fingerprint density at radius 1 is 1.13 bits per heavy atom. The molecule has 0 fully saturated rings. The van der Waals surface area contributed by atoms with E-state index in [9.17, 15) is 14.9 Å². The van der Waals surface area contributed by atoms with Crippen LogP contribution in [0.1, 0.15) is 10.4 Å². The Morgan fingerprint density at radius 2 is 1.87 bits per heavy atom. The number of fused-ring (bicyclic) bond motifs is 1. The Bertz CT molecular complexity index is 549. The predicted octanol–water partition coefficient (Wildman–Crippen LogP) is 2.56. The SMILES string of the molecule is O=Cc1c([N+](=O)[O-])ccc2ccccc12. The zero-order valence-electron chi connectivity index (χ0n) is 7.71. The second kappa shape index (κ2) is 3.49. The number of nitrogens with zero attached hydrogens (tertiary/aromatic N) is 1. The lowest BCUT2D eigenvalue weighted by molar-refractivity contribution is -0.384. The lowest BCUT2D eigenvalue weighted by atomic mass is 10.0. The number of carbonyl (C=O) groups excluding carboxylic acids is 1.